The number of halogens is 3. The van der Waals surface area contributed by atoms with Crippen LogP contribution in [0, 0.1) is 0 Å². The van der Waals surface area contributed by atoms with Crippen molar-refractivity contribution >= 4 is 56.1 Å². The average molecular weight is 381 g/mol. The Morgan fingerprint density at radius 1 is 1.18 bits per heavy atom. The van der Waals surface area contributed by atoms with Gasteiger partial charge in [0.05, 0.1) is 22.0 Å². The lowest BCUT2D eigenvalue weighted by Gasteiger charge is -2.15. The molecule has 118 valence electrons. The second-order valence-electron chi connectivity index (χ2n) is 4.69. The fraction of sp³-hybridized carbons (Fsp3) is 0.231. The fourth-order valence-electron chi connectivity index (χ4n) is 1.65. The van der Waals surface area contributed by atoms with Crippen LogP contribution >= 0.6 is 34.8 Å². The Hall–Kier alpha value is -1.08. The van der Waals surface area contributed by atoms with Gasteiger partial charge in [0.1, 0.15) is 5.02 Å². The molecule has 0 saturated carbocycles. The summed E-state index contributed by atoms with van der Waals surface area (Å²) in [6.07, 6.45) is 1.33. The molecule has 0 fully saturated rings. The number of nitrogens with zero attached hydrogens (tertiary/aromatic N) is 2. The van der Waals surface area contributed by atoms with Crippen molar-refractivity contribution in [2.45, 2.75) is 24.0 Å². The van der Waals surface area contributed by atoms with Crippen molar-refractivity contribution < 1.29 is 8.42 Å². The largest absolute Gasteiger partial charge is 0.338 e. The summed E-state index contributed by atoms with van der Waals surface area (Å²) >= 11 is 17.6. The van der Waals surface area contributed by atoms with Gasteiger partial charge in [0.25, 0.3) is 0 Å². The van der Waals surface area contributed by atoms with Crippen molar-refractivity contribution in [2.75, 3.05) is 5.32 Å². The van der Waals surface area contributed by atoms with Gasteiger partial charge in [0.15, 0.2) is 15.7 Å². The van der Waals surface area contributed by atoms with E-state index < -0.39 is 15.1 Å². The van der Waals surface area contributed by atoms with E-state index in [0.717, 1.165) is 0 Å². The monoisotopic (exact) mass is 379 g/mol. The Labute approximate surface area is 143 Å². The molecule has 0 amide bonds. The molecule has 0 aliphatic heterocycles. The lowest BCUT2D eigenvalue weighted by molar-refractivity contribution is 0.588. The van der Waals surface area contributed by atoms with E-state index in [9.17, 15) is 8.42 Å². The van der Waals surface area contributed by atoms with E-state index in [0.29, 0.717) is 10.7 Å². The summed E-state index contributed by atoms with van der Waals surface area (Å²) < 4.78 is 24.9. The predicted octanol–water partition coefficient (Wildman–Crippen LogP) is 4.36. The number of benzene rings is 1. The number of hydrogen-bond donors (Lipinski definition) is 1. The number of rotatable bonds is 4. The molecule has 0 aliphatic carbocycles. The van der Waals surface area contributed by atoms with Gasteiger partial charge < -0.3 is 5.32 Å². The highest BCUT2D eigenvalue weighted by Crippen LogP contribution is 2.32. The van der Waals surface area contributed by atoms with Crippen LogP contribution in [0.5, 0.6) is 0 Å². The molecule has 1 N–H and O–H groups in total. The van der Waals surface area contributed by atoms with Gasteiger partial charge in [0.2, 0.25) is 5.28 Å². The maximum Gasteiger partial charge on any atom is 0.224 e. The third kappa shape index (κ3) is 3.63. The lowest BCUT2D eigenvalue weighted by atomic mass is 10.3. The van der Waals surface area contributed by atoms with E-state index in [4.69, 9.17) is 34.8 Å². The van der Waals surface area contributed by atoms with E-state index >= 15 is 0 Å². The maximum atomic E-state index is 12.5. The zero-order valence-electron chi connectivity index (χ0n) is 11.6. The summed E-state index contributed by atoms with van der Waals surface area (Å²) in [6, 6.07) is 4.50. The van der Waals surface area contributed by atoms with Gasteiger partial charge in [-0.15, -0.1) is 0 Å². The molecule has 1 aromatic carbocycles. The van der Waals surface area contributed by atoms with Crippen molar-refractivity contribution in [3.8, 4) is 0 Å². The van der Waals surface area contributed by atoms with E-state index in [1.165, 1.54) is 12.3 Å². The minimum Gasteiger partial charge on any atom is -0.338 e. The van der Waals surface area contributed by atoms with Crippen LogP contribution < -0.4 is 5.32 Å². The van der Waals surface area contributed by atoms with E-state index in [-0.39, 0.29) is 21.0 Å². The topological polar surface area (TPSA) is 72.0 Å². The molecule has 0 bridgehead atoms. The van der Waals surface area contributed by atoms with Gasteiger partial charge in [0, 0.05) is 5.02 Å². The van der Waals surface area contributed by atoms with Crippen molar-refractivity contribution in [3.05, 3.63) is 39.7 Å². The van der Waals surface area contributed by atoms with Crippen LogP contribution in [0.4, 0.5) is 11.5 Å². The molecule has 0 radical (unpaired) electrons. The first kappa shape index (κ1) is 17.3. The Morgan fingerprint density at radius 2 is 1.86 bits per heavy atom. The van der Waals surface area contributed by atoms with Crippen LogP contribution in [-0.4, -0.2) is 23.6 Å². The van der Waals surface area contributed by atoms with Crippen LogP contribution in [0.25, 0.3) is 0 Å². The molecule has 9 heteroatoms. The summed E-state index contributed by atoms with van der Waals surface area (Å²) in [4.78, 5) is 7.75. The third-order valence-electron chi connectivity index (χ3n) is 2.84. The number of aromatic nitrogens is 2. The number of sulfone groups is 1. The van der Waals surface area contributed by atoms with Crippen LogP contribution in [0.1, 0.15) is 13.8 Å². The molecule has 22 heavy (non-hydrogen) atoms. The summed E-state index contributed by atoms with van der Waals surface area (Å²) in [5.74, 6) is 0.212. The highest BCUT2D eigenvalue weighted by molar-refractivity contribution is 7.92. The molecule has 0 atom stereocenters. The minimum absolute atomic E-state index is 0.00543. The number of hydrogen-bond acceptors (Lipinski definition) is 5. The zero-order valence-corrected chi connectivity index (χ0v) is 14.7. The van der Waals surface area contributed by atoms with E-state index in [2.05, 4.69) is 15.3 Å². The normalized spacial score (nSPS) is 11.7. The maximum absolute atomic E-state index is 12.5. The number of nitrogens with one attached hydrogen (secondary N) is 1. The first-order chi connectivity index (χ1) is 10.2. The average Bonchev–Trinajstić information content (AvgIpc) is 2.44. The Morgan fingerprint density at radius 3 is 2.50 bits per heavy atom. The SMILES string of the molecule is CC(C)S(=O)(=O)c1cc(Cl)ccc1Nc1nc(Cl)ncc1Cl. The molecule has 1 aromatic heterocycles. The van der Waals surface area contributed by atoms with Crippen molar-refractivity contribution in [1.29, 1.82) is 0 Å². The molecule has 5 nitrogen and oxygen atoms in total. The second-order valence-corrected chi connectivity index (χ2v) is 8.35. The van der Waals surface area contributed by atoms with E-state index in [1.807, 2.05) is 0 Å². The minimum atomic E-state index is -3.54. The van der Waals surface area contributed by atoms with Crippen LogP contribution in [0.3, 0.4) is 0 Å². The third-order valence-corrected chi connectivity index (χ3v) is 5.72. The van der Waals surface area contributed by atoms with Gasteiger partial charge in [-0.1, -0.05) is 23.2 Å². The van der Waals surface area contributed by atoms with Crippen LogP contribution in [-0.2, 0) is 9.84 Å². The summed E-state index contributed by atoms with van der Waals surface area (Å²) in [7, 11) is -3.54. The number of anilines is 2. The van der Waals surface area contributed by atoms with E-state index in [1.54, 1.807) is 26.0 Å². The summed E-state index contributed by atoms with van der Waals surface area (Å²) in [5.41, 5.74) is 0.315. The highest BCUT2D eigenvalue weighted by atomic mass is 35.5. The lowest BCUT2D eigenvalue weighted by Crippen LogP contribution is -2.15. The van der Waals surface area contributed by atoms with Gasteiger partial charge >= 0.3 is 0 Å². The summed E-state index contributed by atoms with van der Waals surface area (Å²) in [5, 5.41) is 2.79. The molecule has 2 rings (SSSR count). The van der Waals surface area contributed by atoms with Crippen molar-refractivity contribution in [2.24, 2.45) is 0 Å². The molecule has 1 heterocycles. The molecule has 2 aromatic rings. The molecule has 0 spiro atoms. The van der Waals surface area contributed by atoms with Gasteiger partial charge in [-0.3, -0.25) is 0 Å². The van der Waals surface area contributed by atoms with Gasteiger partial charge in [-0.05, 0) is 43.6 Å². The molecular weight excluding hydrogens is 369 g/mol. The zero-order chi connectivity index (χ0) is 16.5. The second kappa shape index (κ2) is 6.58. The van der Waals surface area contributed by atoms with Gasteiger partial charge in [-0.2, -0.15) is 4.98 Å². The molecule has 0 saturated heterocycles. The van der Waals surface area contributed by atoms with Crippen molar-refractivity contribution in [1.82, 2.24) is 9.97 Å². The van der Waals surface area contributed by atoms with Gasteiger partial charge in [-0.25, -0.2) is 13.4 Å². The first-order valence-corrected chi connectivity index (χ1v) is 8.88. The molecular formula is C13H12Cl3N3O2S. The Balaban J connectivity index is 2.55. The summed E-state index contributed by atoms with van der Waals surface area (Å²) in [6.45, 7) is 3.18. The predicted molar refractivity (Wildman–Crippen MR) is 89.1 cm³/mol. The quantitative estimate of drug-likeness (QED) is 0.798. The highest BCUT2D eigenvalue weighted by Gasteiger charge is 2.23. The molecule has 0 aliphatic rings. The Bertz CT molecular complexity index is 810. The Kier molecular flexibility index (Phi) is 5.17. The standard InChI is InChI=1S/C13H12Cl3N3O2S/c1-7(2)22(20,21)11-5-8(14)3-4-10(11)18-12-9(15)6-17-13(16)19-12/h3-7H,1-2H3,(H,17,18,19). The smallest absolute Gasteiger partial charge is 0.224 e. The molecule has 0 unspecified atom stereocenters. The van der Waals surface area contributed by atoms with Crippen molar-refractivity contribution in [3.63, 3.8) is 0 Å². The van der Waals surface area contributed by atoms with Crippen LogP contribution in [0.15, 0.2) is 29.3 Å². The fourth-order valence-corrected chi connectivity index (χ4v) is 3.38. The van der Waals surface area contributed by atoms with Crippen LogP contribution in [0.2, 0.25) is 15.3 Å². The first-order valence-electron chi connectivity index (χ1n) is 6.20.